The zero-order valence-corrected chi connectivity index (χ0v) is 20.0. The molecule has 0 bridgehead atoms. The van der Waals surface area contributed by atoms with Gasteiger partial charge in [0.1, 0.15) is 5.82 Å². The zero-order valence-electron chi connectivity index (χ0n) is 19.2. The van der Waals surface area contributed by atoms with Gasteiger partial charge in [0.05, 0.1) is 24.7 Å². The summed E-state index contributed by atoms with van der Waals surface area (Å²) in [7, 11) is 0. The van der Waals surface area contributed by atoms with Crippen molar-refractivity contribution in [1.82, 2.24) is 19.7 Å². The van der Waals surface area contributed by atoms with E-state index in [1.165, 1.54) is 23.4 Å². The molecule has 1 saturated heterocycles. The fourth-order valence-corrected chi connectivity index (χ4v) is 4.90. The van der Waals surface area contributed by atoms with Crippen molar-refractivity contribution in [2.24, 2.45) is 0 Å². The van der Waals surface area contributed by atoms with Gasteiger partial charge in [-0.25, -0.2) is 4.39 Å². The van der Waals surface area contributed by atoms with Gasteiger partial charge < -0.3 is 14.5 Å². The lowest BCUT2D eigenvalue weighted by Gasteiger charge is -2.28. The van der Waals surface area contributed by atoms with Crippen LogP contribution in [-0.2, 0) is 16.1 Å². The molecule has 5 rings (SSSR count). The van der Waals surface area contributed by atoms with E-state index < -0.39 is 0 Å². The van der Waals surface area contributed by atoms with Crippen LogP contribution in [0.3, 0.4) is 0 Å². The van der Waals surface area contributed by atoms with Gasteiger partial charge in [-0.2, -0.15) is 0 Å². The molecule has 1 aromatic heterocycles. The summed E-state index contributed by atoms with van der Waals surface area (Å²) < 4.78 is 21.7. The van der Waals surface area contributed by atoms with Gasteiger partial charge >= 0.3 is 0 Å². The van der Waals surface area contributed by atoms with Gasteiger partial charge in [0.2, 0.25) is 11.9 Å². The molecule has 2 heterocycles. The number of anilines is 1. The van der Waals surface area contributed by atoms with Crippen molar-refractivity contribution in [3.8, 4) is 5.69 Å². The van der Waals surface area contributed by atoms with E-state index in [1.54, 1.807) is 23.1 Å². The summed E-state index contributed by atoms with van der Waals surface area (Å²) in [5, 5.41) is 9.59. The highest BCUT2D eigenvalue weighted by molar-refractivity contribution is 7.99. The maximum atomic E-state index is 14.2. The minimum atomic E-state index is -0.275. The summed E-state index contributed by atoms with van der Waals surface area (Å²) in [6.07, 6.45) is 1.93. The normalized spacial score (nSPS) is 16.0. The number of thioether (sulfide) groups is 1. The molecule has 2 aliphatic rings. The molecule has 3 aromatic rings. The Morgan fingerprint density at radius 2 is 1.85 bits per heavy atom. The first kappa shape index (κ1) is 22.9. The third kappa shape index (κ3) is 5.10. The number of morpholine rings is 1. The van der Waals surface area contributed by atoms with Gasteiger partial charge in [-0.1, -0.05) is 47.7 Å². The molecule has 0 unspecified atom stereocenters. The summed E-state index contributed by atoms with van der Waals surface area (Å²) in [5.41, 5.74) is 2.67. The number of aryl methyl sites for hydroxylation is 1. The van der Waals surface area contributed by atoms with Crippen molar-refractivity contribution in [3.63, 3.8) is 0 Å². The smallest absolute Gasteiger partial charge is 0.233 e. The Morgan fingerprint density at radius 3 is 2.56 bits per heavy atom. The van der Waals surface area contributed by atoms with Gasteiger partial charge in [0, 0.05) is 31.2 Å². The average molecular weight is 482 g/mol. The van der Waals surface area contributed by atoms with Crippen molar-refractivity contribution in [1.29, 1.82) is 0 Å². The molecule has 34 heavy (non-hydrogen) atoms. The highest BCUT2D eigenvalue weighted by atomic mass is 32.2. The van der Waals surface area contributed by atoms with Gasteiger partial charge in [-0.15, -0.1) is 10.2 Å². The Hall–Kier alpha value is -2.91. The van der Waals surface area contributed by atoms with E-state index in [2.05, 4.69) is 34.2 Å². The molecule has 1 aliphatic heterocycles. The zero-order chi connectivity index (χ0) is 23.5. The predicted molar refractivity (Wildman–Crippen MR) is 130 cm³/mol. The molecule has 0 atom stereocenters. The van der Waals surface area contributed by atoms with Crippen LogP contribution in [0.5, 0.6) is 0 Å². The number of carbonyl (C=O) groups excluding carboxylic acids is 1. The number of hydrogen-bond donors (Lipinski definition) is 0. The number of ether oxygens (including phenoxy) is 1. The van der Waals surface area contributed by atoms with Crippen LogP contribution >= 0.6 is 11.8 Å². The number of amides is 1. The highest BCUT2D eigenvalue weighted by Crippen LogP contribution is 2.31. The van der Waals surface area contributed by atoms with Crippen LogP contribution in [0.1, 0.15) is 24.0 Å². The van der Waals surface area contributed by atoms with Crippen molar-refractivity contribution in [2.45, 2.75) is 37.5 Å². The molecule has 2 fully saturated rings. The minimum Gasteiger partial charge on any atom is -0.378 e. The first-order valence-electron chi connectivity index (χ1n) is 11.6. The number of aromatic nitrogens is 3. The molecule has 1 amide bonds. The van der Waals surface area contributed by atoms with Gasteiger partial charge in [-0.05, 0) is 38.0 Å². The maximum absolute atomic E-state index is 14.2. The van der Waals surface area contributed by atoms with E-state index in [9.17, 15) is 9.18 Å². The maximum Gasteiger partial charge on any atom is 0.233 e. The molecule has 9 heteroatoms. The van der Waals surface area contributed by atoms with Crippen molar-refractivity contribution >= 4 is 23.6 Å². The van der Waals surface area contributed by atoms with Crippen LogP contribution in [0.15, 0.2) is 53.7 Å². The van der Waals surface area contributed by atoms with Crippen LogP contribution in [0.25, 0.3) is 5.69 Å². The Labute approximate surface area is 202 Å². The molecule has 7 nitrogen and oxygen atoms in total. The Bertz CT molecular complexity index is 1140. The quantitative estimate of drug-likeness (QED) is 0.456. The van der Waals surface area contributed by atoms with E-state index in [-0.39, 0.29) is 23.5 Å². The van der Waals surface area contributed by atoms with Gasteiger partial charge in [0.25, 0.3) is 0 Å². The van der Waals surface area contributed by atoms with Crippen molar-refractivity contribution in [3.05, 3.63) is 65.5 Å². The second-order valence-electron chi connectivity index (χ2n) is 8.69. The van der Waals surface area contributed by atoms with Crippen LogP contribution in [0, 0.1) is 12.7 Å². The van der Waals surface area contributed by atoms with E-state index in [0.29, 0.717) is 30.5 Å². The van der Waals surface area contributed by atoms with Gasteiger partial charge in [-0.3, -0.25) is 9.36 Å². The molecule has 2 aromatic carbocycles. The van der Waals surface area contributed by atoms with E-state index in [0.717, 1.165) is 37.6 Å². The third-order valence-corrected chi connectivity index (χ3v) is 7.05. The first-order valence-corrected chi connectivity index (χ1v) is 12.6. The fraction of sp³-hybridized carbons (Fsp3) is 0.400. The Balaban J connectivity index is 1.36. The number of rotatable bonds is 8. The monoisotopic (exact) mass is 481 g/mol. The summed E-state index contributed by atoms with van der Waals surface area (Å²) in [6, 6.07) is 15.0. The standard InChI is InChI=1S/C25H28FN5O2S/c1-18-6-8-21(9-7-18)31-24(29-12-14-33-15-13-29)27-28-25(31)34-17-23(32)30(20-10-11-20)16-19-4-2-3-5-22(19)26/h2-9,20H,10-17H2,1H3. The van der Waals surface area contributed by atoms with E-state index in [1.807, 2.05) is 16.7 Å². The van der Waals surface area contributed by atoms with Gasteiger partial charge in [0.15, 0.2) is 5.16 Å². The molecule has 0 radical (unpaired) electrons. The summed E-state index contributed by atoms with van der Waals surface area (Å²) in [6.45, 7) is 5.12. The summed E-state index contributed by atoms with van der Waals surface area (Å²) in [4.78, 5) is 17.2. The highest BCUT2D eigenvalue weighted by Gasteiger charge is 2.33. The van der Waals surface area contributed by atoms with Crippen LogP contribution in [-0.4, -0.2) is 63.7 Å². The second kappa shape index (κ2) is 10.1. The molecular formula is C25H28FN5O2S. The van der Waals surface area contributed by atoms with Crippen LogP contribution < -0.4 is 4.90 Å². The Kier molecular flexibility index (Phi) is 6.82. The van der Waals surface area contributed by atoms with Crippen molar-refractivity contribution in [2.75, 3.05) is 37.0 Å². The van der Waals surface area contributed by atoms with E-state index >= 15 is 0 Å². The molecule has 0 spiro atoms. The predicted octanol–water partition coefficient (Wildman–Crippen LogP) is 3.83. The fourth-order valence-electron chi connectivity index (χ4n) is 4.07. The number of hydrogen-bond acceptors (Lipinski definition) is 6. The summed E-state index contributed by atoms with van der Waals surface area (Å²) >= 11 is 1.37. The lowest BCUT2D eigenvalue weighted by molar-refractivity contribution is -0.129. The largest absolute Gasteiger partial charge is 0.378 e. The SMILES string of the molecule is Cc1ccc(-n2c(SCC(=O)N(Cc3ccccc3F)C3CC3)nnc2N2CCOCC2)cc1. The number of benzene rings is 2. The topological polar surface area (TPSA) is 63.5 Å². The third-order valence-electron chi connectivity index (χ3n) is 6.13. The number of carbonyl (C=O) groups is 1. The second-order valence-corrected chi connectivity index (χ2v) is 9.63. The molecule has 1 aliphatic carbocycles. The van der Waals surface area contributed by atoms with Crippen LogP contribution in [0.4, 0.5) is 10.3 Å². The molecule has 0 N–H and O–H groups in total. The van der Waals surface area contributed by atoms with E-state index in [4.69, 9.17) is 4.74 Å². The molecular weight excluding hydrogens is 453 g/mol. The average Bonchev–Trinajstić information content (AvgIpc) is 3.61. The molecule has 178 valence electrons. The van der Waals surface area contributed by atoms with Crippen LogP contribution in [0.2, 0.25) is 0 Å². The number of halogens is 1. The lowest BCUT2D eigenvalue weighted by Crippen LogP contribution is -2.38. The Morgan fingerprint density at radius 1 is 1.12 bits per heavy atom. The minimum absolute atomic E-state index is 0.0119. The number of nitrogens with zero attached hydrogens (tertiary/aromatic N) is 5. The first-order chi connectivity index (χ1) is 16.6. The molecule has 1 saturated carbocycles. The summed E-state index contributed by atoms with van der Waals surface area (Å²) in [5.74, 6) is 0.690. The van der Waals surface area contributed by atoms with Crippen molar-refractivity contribution < 1.29 is 13.9 Å². The lowest BCUT2D eigenvalue weighted by atomic mass is 10.2.